The van der Waals surface area contributed by atoms with E-state index in [4.69, 9.17) is 0 Å². The number of fused-ring (bicyclic) bond motifs is 14. The molecule has 0 saturated heterocycles. The summed E-state index contributed by atoms with van der Waals surface area (Å²) in [6.07, 6.45) is 0. The van der Waals surface area contributed by atoms with Gasteiger partial charge in [-0.15, -0.1) is 22.7 Å². The van der Waals surface area contributed by atoms with Crippen molar-refractivity contribution in [2.75, 3.05) is 0 Å². The van der Waals surface area contributed by atoms with E-state index in [9.17, 15) is 11.8 Å². The minimum atomic E-state index is 0.400. The van der Waals surface area contributed by atoms with E-state index in [0.717, 1.165) is 114 Å². The topological polar surface area (TPSA) is 38.0 Å². The number of nitriles is 1. The van der Waals surface area contributed by atoms with Crippen LogP contribution in [0.25, 0.3) is 156 Å². The van der Waals surface area contributed by atoms with Gasteiger partial charge in [-0.3, -0.25) is 0 Å². The Labute approximate surface area is 468 Å². The molecule has 0 fully saturated rings. The number of nitrogens with zero attached hydrogens (tertiary/aromatic N) is 4. The second kappa shape index (κ2) is 18.1. The number of aromatic nitrogens is 2. The highest BCUT2D eigenvalue weighted by atomic mass is 32.1. The average molecular weight is 1050 g/mol. The largest absolute Gasteiger partial charge is 0.318 e. The zero-order chi connectivity index (χ0) is 53.0. The summed E-state index contributed by atoms with van der Waals surface area (Å²) < 4.78 is 9.47. The van der Waals surface area contributed by atoms with Gasteiger partial charge in [-0.25, -0.2) is 4.85 Å². The first kappa shape index (κ1) is 45.8. The van der Waals surface area contributed by atoms with Gasteiger partial charge in [0.25, 0.3) is 0 Å². The Morgan fingerprint density at radius 2 is 0.825 bits per heavy atom. The predicted octanol–water partition coefficient (Wildman–Crippen LogP) is 21.4. The minimum Gasteiger partial charge on any atom is -0.318 e. The summed E-state index contributed by atoms with van der Waals surface area (Å²) in [5.74, 6) is 0. The standard InChI is InChI=1S/C74H42N4S2/c1-76-68-65(48-26-13-5-14-27-48)60(44-75)69(66(49-28-15-6-16-29-49)72(68)77-61-42-50(45-20-7-2-8-21-45)34-36-53(61)54-37-35-51(43-62(54)77)46-22-9-3-10-23-46)78-70-56(38-40-58-55-30-17-18-32-63(55)79-73(58)70)57-39-41-59-67-52(47-24-11-4-12-25-47)31-19-33-64(67)80-74(59)71(57)78/h2-43H. The van der Waals surface area contributed by atoms with E-state index in [2.05, 4.69) is 251 Å². The lowest BCUT2D eigenvalue weighted by Crippen LogP contribution is -2.09. The normalized spacial score (nSPS) is 11.7. The molecule has 0 N–H and O–H groups in total. The summed E-state index contributed by atoms with van der Waals surface area (Å²) in [5.41, 5.74) is 15.9. The number of rotatable bonds is 7. The Morgan fingerprint density at radius 3 is 1.40 bits per heavy atom. The quantitative estimate of drug-likeness (QED) is 0.147. The Morgan fingerprint density at radius 1 is 0.362 bits per heavy atom. The van der Waals surface area contributed by atoms with E-state index in [1.807, 2.05) is 35.6 Å². The smallest absolute Gasteiger partial charge is 0.220 e. The molecule has 0 radical (unpaired) electrons. The Bertz CT molecular complexity index is 5190. The highest BCUT2D eigenvalue weighted by molar-refractivity contribution is 7.27. The van der Waals surface area contributed by atoms with Crippen LogP contribution in [0.2, 0.25) is 0 Å². The van der Waals surface area contributed by atoms with Crippen molar-refractivity contribution in [3.8, 4) is 73.1 Å². The van der Waals surface area contributed by atoms with Gasteiger partial charge in [0.2, 0.25) is 5.69 Å². The fourth-order valence-electron chi connectivity index (χ4n) is 12.7. The second-order valence-corrected chi connectivity index (χ2v) is 22.5. The van der Waals surface area contributed by atoms with Crippen molar-refractivity contribution < 1.29 is 0 Å². The summed E-state index contributed by atoms with van der Waals surface area (Å²) >= 11 is 3.61. The number of hydrogen-bond acceptors (Lipinski definition) is 3. The zero-order valence-corrected chi connectivity index (χ0v) is 44.5. The molecule has 0 bridgehead atoms. The van der Waals surface area contributed by atoms with Crippen LogP contribution >= 0.6 is 22.7 Å². The molecule has 0 aliphatic carbocycles. The highest BCUT2D eigenvalue weighted by Crippen LogP contribution is 2.55. The molecule has 4 aromatic heterocycles. The van der Waals surface area contributed by atoms with Crippen LogP contribution in [0.5, 0.6) is 0 Å². The van der Waals surface area contributed by atoms with Crippen molar-refractivity contribution in [2.45, 2.75) is 0 Å². The zero-order valence-electron chi connectivity index (χ0n) is 42.9. The first-order valence-electron chi connectivity index (χ1n) is 26.8. The Kier molecular flexibility index (Phi) is 10.4. The number of thiophene rings is 2. The maximum atomic E-state index is 12.4. The van der Waals surface area contributed by atoms with E-state index in [1.165, 1.54) is 25.7 Å². The van der Waals surface area contributed by atoms with Crippen molar-refractivity contribution >= 4 is 112 Å². The molecule has 0 spiro atoms. The van der Waals surface area contributed by atoms with Crippen LogP contribution in [-0.2, 0) is 0 Å². The molecule has 0 amide bonds. The Hall–Kier alpha value is -10.3. The molecule has 4 nitrogen and oxygen atoms in total. The van der Waals surface area contributed by atoms with E-state index in [1.54, 1.807) is 11.3 Å². The molecule has 6 heteroatoms. The lowest BCUT2D eigenvalue weighted by atomic mass is 9.88. The van der Waals surface area contributed by atoms with Gasteiger partial charge in [0.15, 0.2) is 0 Å². The third-order valence-corrected chi connectivity index (χ3v) is 18.6. The van der Waals surface area contributed by atoms with Gasteiger partial charge < -0.3 is 9.13 Å². The molecule has 370 valence electrons. The van der Waals surface area contributed by atoms with Crippen LogP contribution in [0, 0.1) is 17.9 Å². The number of benzene rings is 12. The van der Waals surface area contributed by atoms with Crippen molar-refractivity contribution in [2.24, 2.45) is 0 Å². The van der Waals surface area contributed by atoms with Gasteiger partial charge in [0.05, 0.1) is 55.0 Å². The molecule has 16 rings (SSSR count). The lowest BCUT2D eigenvalue weighted by molar-refractivity contribution is 1.14. The van der Waals surface area contributed by atoms with Crippen LogP contribution in [0.1, 0.15) is 5.56 Å². The van der Waals surface area contributed by atoms with Gasteiger partial charge in [-0.2, -0.15) is 5.26 Å². The number of hydrogen-bond donors (Lipinski definition) is 0. The van der Waals surface area contributed by atoms with E-state index < -0.39 is 0 Å². The van der Waals surface area contributed by atoms with Crippen LogP contribution in [0.15, 0.2) is 255 Å². The summed E-state index contributed by atoms with van der Waals surface area (Å²) in [7, 11) is 0. The third kappa shape index (κ3) is 6.77. The molecular formula is C74H42N4S2. The maximum absolute atomic E-state index is 12.4. The maximum Gasteiger partial charge on any atom is 0.220 e. The summed E-state index contributed by atoms with van der Waals surface area (Å²) in [4.78, 5) is 4.69. The van der Waals surface area contributed by atoms with Gasteiger partial charge in [0.1, 0.15) is 6.07 Å². The lowest BCUT2D eigenvalue weighted by Gasteiger charge is -2.26. The summed E-state index contributed by atoms with van der Waals surface area (Å²) in [5, 5.41) is 21.5. The van der Waals surface area contributed by atoms with Crippen LogP contribution < -0.4 is 0 Å². The van der Waals surface area contributed by atoms with E-state index >= 15 is 0 Å². The van der Waals surface area contributed by atoms with Gasteiger partial charge >= 0.3 is 0 Å². The monoisotopic (exact) mass is 1050 g/mol. The second-order valence-electron chi connectivity index (χ2n) is 20.4. The molecule has 0 aliphatic heterocycles. The van der Waals surface area contributed by atoms with Gasteiger partial charge in [-0.1, -0.05) is 231 Å². The first-order valence-corrected chi connectivity index (χ1v) is 28.4. The molecule has 80 heavy (non-hydrogen) atoms. The molecule has 4 heterocycles. The molecule has 0 unspecified atom stereocenters. The fraction of sp³-hybridized carbons (Fsp3) is 0. The average Bonchev–Trinajstić information content (AvgIpc) is 4.42. The summed E-state index contributed by atoms with van der Waals surface area (Å²) in [6.45, 7) is 9.61. The van der Waals surface area contributed by atoms with Crippen molar-refractivity contribution in [1.82, 2.24) is 9.13 Å². The minimum absolute atomic E-state index is 0.400. The van der Waals surface area contributed by atoms with Gasteiger partial charge in [0, 0.05) is 63.6 Å². The van der Waals surface area contributed by atoms with E-state index in [0.29, 0.717) is 22.5 Å². The van der Waals surface area contributed by atoms with Crippen LogP contribution in [0.4, 0.5) is 5.69 Å². The first-order chi connectivity index (χ1) is 39.6. The fourth-order valence-corrected chi connectivity index (χ4v) is 15.2. The SMILES string of the molecule is [C-]#[N+]c1c(-c2ccccc2)c(C#N)c(-n2c3c(ccc4c5ccccc5sc43)c3ccc4c(sc5cccc(-c6ccccc6)c54)c32)c(-c2ccccc2)c1-n1c2cc(-c3ccccc3)ccc2c2ccc(-c3ccccc3)cc21. The van der Waals surface area contributed by atoms with Gasteiger partial charge in [-0.05, 0) is 68.8 Å². The molecule has 16 aromatic rings. The van der Waals surface area contributed by atoms with E-state index in [-0.39, 0.29) is 0 Å². The van der Waals surface area contributed by atoms with Crippen molar-refractivity contribution in [3.63, 3.8) is 0 Å². The molecular weight excluding hydrogens is 1010 g/mol. The Balaban J connectivity index is 1.18. The van der Waals surface area contributed by atoms with Crippen molar-refractivity contribution in [3.05, 3.63) is 272 Å². The molecule has 12 aromatic carbocycles. The molecule has 0 saturated carbocycles. The third-order valence-electron chi connectivity index (χ3n) is 16.2. The highest BCUT2D eigenvalue weighted by Gasteiger charge is 2.33. The molecule has 0 atom stereocenters. The van der Waals surface area contributed by atoms with Crippen LogP contribution in [0.3, 0.4) is 0 Å². The van der Waals surface area contributed by atoms with Crippen molar-refractivity contribution in [1.29, 1.82) is 5.26 Å². The molecule has 0 aliphatic rings. The predicted molar refractivity (Wildman–Crippen MR) is 339 cm³/mol. The summed E-state index contributed by atoms with van der Waals surface area (Å²) in [6, 6.07) is 93.4. The van der Waals surface area contributed by atoms with Crippen LogP contribution in [-0.4, -0.2) is 9.13 Å².